The SMILES string of the molecule is CCC(C)C=C(CO)C(C)C. The smallest absolute Gasteiger partial charge is 0.0644 e. The molecule has 1 heteroatoms. The zero-order valence-electron chi connectivity index (χ0n) is 8.09. The van der Waals surface area contributed by atoms with Gasteiger partial charge in [0.05, 0.1) is 6.61 Å². The summed E-state index contributed by atoms with van der Waals surface area (Å²) < 4.78 is 0. The first-order valence-corrected chi connectivity index (χ1v) is 4.43. The van der Waals surface area contributed by atoms with Crippen LogP contribution in [0.1, 0.15) is 34.1 Å². The molecule has 0 rings (SSSR count). The molecule has 0 amide bonds. The van der Waals surface area contributed by atoms with E-state index >= 15 is 0 Å². The lowest BCUT2D eigenvalue weighted by Gasteiger charge is -2.10. The van der Waals surface area contributed by atoms with Crippen LogP contribution in [0.2, 0.25) is 0 Å². The second-order valence-electron chi connectivity index (χ2n) is 3.44. The number of hydrogen-bond acceptors (Lipinski definition) is 1. The first-order valence-electron chi connectivity index (χ1n) is 4.43. The van der Waals surface area contributed by atoms with E-state index in [9.17, 15) is 0 Å². The molecule has 0 aliphatic carbocycles. The molecule has 0 aliphatic heterocycles. The third-order valence-electron chi connectivity index (χ3n) is 2.07. The Labute approximate surface area is 70.1 Å². The Morgan fingerprint density at radius 2 is 1.91 bits per heavy atom. The average molecular weight is 156 g/mol. The van der Waals surface area contributed by atoms with E-state index in [1.165, 1.54) is 5.57 Å². The molecule has 0 heterocycles. The van der Waals surface area contributed by atoms with Crippen molar-refractivity contribution in [3.63, 3.8) is 0 Å². The normalized spacial score (nSPS) is 15.6. The molecule has 0 saturated carbocycles. The third kappa shape index (κ3) is 4.20. The molecule has 0 aromatic heterocycles. The van der Waals surface area contributed by atoms with Crippen molar-refractivity contribution >= 4 is 0 Å². The van der Waals surface area contributed by atoms with Gasteiger partial charge in [0.1, 0.15) is 0 Å². The molecule has 0 saturated heterocycles. The van der Waals surface area contributed by atoms with Crippen molar-refractivity contribution in [1.82, 2.24) is 0 Å². The minimum Gasteiger partial charge on any atom is -0.392 e. The standard InChI is InChI=1S/C10H20O/c1-5-9(4)6-10(7-11)8(2)3/h6,8-9,11H,5,7H2,1-4H3. The molecule has 0 fully saturated rings. The number of aliphatic hydroxyl groups excluding tert-OH is 1. The van der Waals surface area contributed by atoms with Crippen LogP contribution in [-0.4, -0.2) is 11.7 Å². The van der Waals surface area contributed by atoms with Crippen LogP contribution in [0.25, 0.3) is 0 Å². The van der Waals surface area contributed by atoms with Gasteiger partial charge in [-0.3, -0.25) is 0 Å². The van der Waals surface area contributed by atoms with Crippen LogP contribution >= 0.6 is 0 Å². The quantitative estimate of drug-likeness (QED) is 0.620. The van der Waals surface area contributed by atoms with E-state index in [0.717, 1.165) is 6.42 Å². The zero-order valence-corrected chi connectivity index (χ0v) is 8.09. The van der Waals surface area contributed by atoms with Gasteiger partial charge in [-0.25, -0.2) is 0 Å². The van der Waals surface area contributed by atoms with E-state index < -0.39 is 0 Å². The van der Waals surface area contributed by atoms with Crippen LogP contribution in [0.4, 0.5) is 0 Å². The molecule has 0 aliphatic rings. The second-order valence-corrected chi connectivity index (χ2v) is 3.44. The van der Waals surface area contributed by atoms with Crippen molar-refractivity contribution in [2.24, 2.45) is 11.8 Å². The fourth-order valence-electron chi connectivity index (χ4n) is 0.911. The lowest BCUT2D eigenvalue weighted by Crippen LogP contribution is -2.01. The summed E-state index contributed by atoms with van der Waals surface area (Å²) in [6.07, 6.45) is 3.33. The molecule has 66 valence electrons. The maximum atomic E-state index is 8.97. The van der Waals surface area contributed by atoms with Crippen LogP contribution < -0.4 is 0 Å². The van der Waals surface area contributed by atoms with E-state index in [0.29, 0.717) is 11.8 Å². The lowest BCUT2D eigenvalue weighted by atomic mass is 9.98. The van der Waals surface area contributed by atoms with Crippen molar-refractivity contribution in [2.75, 3.05) is 6.61 Å². The first-order chi connectivity index (χ1) is 5.11. The Balaban J connectivity index is 4.10. The third-order valence-corrected chi connectivity index (χ3v) is 2.07. The molecule has 0 radical (unpaired) electrons. The second kappa shape index (κ2) is 5.36. The van der Waals surface area contributed by atoms with Crippen molar-refractivity contribution in [3.8, 4) is 0 Å². The summed E-state index contributed by atoms with van der Waals surface area (Å²) in [7, 11) is 0. The highest BCUT2D eigenvalue weighted by molar-refractivity contribution is 5.06. The average Bonchev–Trinajstić information content (AvgIpc) is 1.99. The van der Waals surface area contributed by atoms with Gasteiger partial charge >= 0.3 is 0 Å². The van der Waals surface area contributed by atoms with Gasteiger partial charge in [0, 0.05) is 0 Å². The summed E-state index contributed by atoms with van der Waals surface area (Å²) in [6.45, 7) is 8.78. The fraction of sp³-hybridized carbons (Fsp3) is 0.800. The van der Waals surface area contributed by atoms with Gasteiger partial charge in [-0.2, -0.15) is 0 Å². The Bertz CT molecular complexity index is 125. The summed E-state index contributed by atoms with van der Waals surface area (Å²) in [4.78, 5) is 0. The van der Waals surface area contributed by atoms with Gasteiger partial charge < -0.3 is 5.11 Å². The Morgan fingerprint density at radius 3 is 2.18 bits per heavy atom. The molecule has 1 atom stereocenters. The number of rotatable bonds is 4. The Hall–Kier alpha value is -0.300. The van der Waals surface area contributed by atoms with Crippen molar-refractivity contribution in [1.29, 1.82) is 0 Å². The van der Waals surface area contributed by atoms with Crippen LogP contribution in [0, 0.1) is 11.8 Å². The predicted octanol–water partition coefficient (Wildman–Crippen LogP) is 2.61. The van der Waals surface area contributed by atoms with Crippen LogP contribution in [0.15, 0.2) is 11.6 Å². The summed E-state index contributed by atoms with van der Waals surface area (Å²) in [5, 5.41) is 8.97. The number of hydrogen-bond donors (Lipinski definition) is 1. The summed E-state index contributed by atoms with van der Waals surface area (Å²) in [5.74, 6) is 1.08. The highest BCUT2D eigenvalue weighted by Gasteiger charge is 2.02. The van der Waals surface area contributed by atoms with Gasteiger partial charge in [-0.05, 0) is 17.4 Å². The largest absolute Gasteiger partial charge is 0.392 e. The number of allylic oxidation sites excluding steroid dienone is 1. The predicted molar refractivity (Wildman–Crippen MR) is 49.5 cm³/mol. The van der Waals surface area contributed by atoms with Gasteiger partial charge in [-0.15, -0.1) is 0 Å². The Morgan fingerprint density at radius 1 is 1.36 bits per heavy atom. The van der Waals surface area contributed by atoms with E-state index in [4.69, 9.17) is 5.11 Å². The van der Waals surface area contributed by atoms with Crippen LogP contribution in [0.5, 0.6) is 0 Å². The molecule has 1 nitrogen and oxygen atoms in total. The molecular weight excluding hydrogens is 136 g/mol. The van der Waals surface area contributed by atoms with E-state index in [2.05, 4.69) is 33.8 Å². The van der Waals surface area contributed by atoms with Gasteiger partial charge in [0.25, 0.3) is 0 Å². The van der Waals surface area contributed by atoms with E-state index in [-0.39, 0.29) is 6.61 Å². The van der Waals surface area contributed by atoms with E-state index in [1.54, 1.807) is 0 Å². The molecule has 0 aromatic carbocycles. The Kier molecular flexibility index (Phi) is 5.22. The highest BCUT2D eigenvalue weighted by atomic mass is 16.3. The van der Waals surface area contributed by atoms with Crippen LogP contribution in [-0.2, 0) is 0 Å². The minimum atomic E-state index is 0.210. The minimum absolute atomic E-state index is 0.210. The van der Waals surface area contributed by atoms with Gasteiger partial charge in [-0.1, -0.05) is 40.2 Å². The topological polar surface area (TPSA) is 20.2 Å². The first kappa shape index (κ1) is 10.7. The molecule has 1 N–H and O–H groups in total. The van der Waals surface area contributed by atoms with Crippen molar-refractivity contribution < 1.29 is 5.11 Å². The number of aliphatic hydroxyl groups is 1. The molecule has 11 heavy (non-hydrogen) atoms. The summed E-state index contributed by atoms with van der Waals surface area (Å²) >= 11 is 0. The van der Waals surface area contributed by atoms with E-state index in [1.807, 2.05) is 0 Å². The van der Waals surface area contributed by atoms with Gasteiger partial charge in [0.2, 0.25) is 0 Å². The monoisotopic (exact) mass is 156 g/mol. The van der Waals surface area contributed by atoms with Crippen LogP contribution in [0.3, 0.4) is 0 Å². The maximum absolute atomic E-state index is 8.97. The summed E-state index contributed by atoms with van der Waals surface area (Å²) in [5.41, 5.74) is 1.17. The molecule has 0 spiro atoms. The zero-order chi connectivity index (χ0) is 8.85. The molecule has 0 aromatic rings. The van der Waals surface area contributed by atoms with Gasteiger partial charge in [0.15, 0.2) is 0 Å². The maximum Gasteiger partial charge on any atom is 0.0644 e. The molecule has 0 bridgehead atoms. The molecule has 1 unspecified atom stereocenters. The molecular formula is C10H20O. The van der Waals surface area contributed by atoms with Crippen molar-refractivity contribution in [2.45, 2.75) is 34.1 Å². The summed E-state index contributed by atoms with van der Waals surface area (Å²) in [6, 6.07) is 0. The lowest BCUT2D eigenvalue weighted by molar-refractivity contribution is 0.317. The highest BCUT2D eigenvalue weighted by Crippen LogP contribution is 2.13. The van der Waals surface area contributed by atoms with Crippen molar-refractivity contribution in [3.05, 3.63) is 11.6 Å². The fourth-order valence-corrected chi connectivity index (χ4v) is 0.911.